The van der Waals surface area contributed by atoms with Crippen molar-refractivity contribution in [3.63, 3.8) is 0 Å². The number of anilines is 2. The minimum atomic E-state index is -2.27. The third kappa shape index (κ3) is 3.48. The lowest BCUT2D eigenvalue weighted by Crippen LogP contribution is -2.15. The van der Waals surface area contributed by atoms with Crippen molar-refractivity contribution < 1.29 is 8.76 Å². The normalized spacial score (nSPS) is 13.9. The Hall–Kier alpha value is -2.78. The molecule has 0 spiro atoms. The summed E-state index contributed by atoms with van der Waals surface area (Å²) in [7, 11) is 0. The van der Waals surface area contributed by atoms with E-state index in [4.69, 9.17) is 5.73 Å². The van der Waals surface area contributed by atoms with Crippen molar-refractivity contribution in [3.05, 3.63) is 65.2 Å². The van der Waals surface area contributed by atoms with Crippen LogP contribution in [0.5, 0.6) is 0 Å². The number of nitrogen functional groups attached to an aromatic ring is 1. The first kappa shape index (κ1) is 19.2. The Kier molecular flexibility index (Phi) is 5.00. The molecule has 0 bridgehead atoms. The number of rotatable bonds is 5. The van der Waals surface area contributed by atoms with Gasteiger partial charge in [0.2, 0.25) is 0 Å². The summed E-state index contributed by atoms with van der Waals surface area (Å²) in [5.41, 5.74) is 14.0. The molecule has 5 rings (SSSR count). The van der Waals surface area contributed by atoms with Crippen LogP contribution < -0.4 is 15.8 Å². The summed E-state index contributed by atoms with van der Waals surface area (Å²) < 4.78 is 24.9. The van der Waals surface area contributed by atoms with Crippen LogP contribution in [0.15, 0.2) is 54.0 Å². The van der Waals surface area contributed by atoms with E-state index in [-0.39, 0.29) is 6.54 Å². The van der Waals surface area contributed by atoms with Crippen LogP contribution in [-0.4, -0.2) is 20.3 Å². The Morgan fingerprint density at radius 2 is 1.97 bits per heavy atom. The van der Waals surface area contributed by atoms with Gasteiger partial charge in [0.25, 0.3) is 0 Å². The fourth-order valence-electron chi connectivity index (χ4n) is 3.90. The van der Waals surface area contributed by atoms with Crippen molar-refractivity contribution in [2.45, 2.75) is 13.0 Å². The molecule has 0 aliphatic carbocycles. The van der Waals surface area contributed by atoms with Gasteiger partial charge in [-0.2, -0.15) is 0 Å². The van der Waals surface area contributed by atoms with E-state index in [1.807, 2.05) is 30.5 Å². The second-order valence-electron chi connectivity index (χ2n) is 7.21. The number of benzene rings is 2. The predicted molar refractivity (Wildman–Crippen MR) is 123 cm³/mol. The summed E-state index contributed by atoms with van der Waals surface area (Å²) in [5.74, 6) is 0.530. The van der Waals surface area contributed by atoms with Crippen LogP contribution in [0.25, 0.3) is 32.3 Å². The van der Waals surface area contributed by atoms with Crippen LogP contribution in [0.3, 0.4) is 0 Å². The lowest BCUT2D eigenvalue weighted by Gasteiger charge is -2.10. The number of pyridine rings is 1. The molecule has 1 atom stereocenters. The maximum Gasteiger partial charge on any atom is 0.132 e. The highest BCUT2D eigenvalue weighted by atomic mass is 32.2. The summed E-state index contributed by atoms with van der Waals surface area (Å²) in [6.45, 7) is 1.25. The Labute approximate surface area is 180 Å². The lowest BCUT2D eigenvalue weighted by atomic mass is 9.99. The molecule has 3 heterocycles. The maximum atomic E-state index is 10.7. The molecular weight excluding hydrogens is 416 g/mol. The SMILES string of the molecule is Nc1ncc(-c2ccc(CNS(=O)[O-])cc2)c2scc(-c3ccc4c(c3)CCN4)c12. The van der Waals surface area contributed by atoms with Crippen molar-refractivity contribution >= 4 is 44.2 Å². The third-order valence-electron chi connectivity index (χ3n) is 5.41. The highest BCUT2D eigenvalue weighted by molar-refractivity contribution is 7.77. The zero-order valence-electron chi connectivity index (χ0n) is 16.0. The summed E-state index contributed by atoms with van der Waals surface area (Å²) in [5, 5.41) is 6.53. The Morgan fingerprint density at radius 3 is 2.77 bits per heavy atom. The molecule has 30 heavy (non-hydrogen) atoms. The predicted octanol–water partition coefficient (Wildman–Crippen LogP) is 4.06. The van der Waals surface area contributed by atoms with E-state index in [1.54, 1.807) is 11.3 Å². The summed E-state index contributed by atoms with van der Waals surface area (Å²) >= 11 is -0.604. The fraction of sp³-hybridized carbons (Fsp3) is 0.136. The number of nitrogens with two attached hydrogens (primary N) is 1. The molecule has 1 aliphatic heterocycles. The second-order valence-corrected chi connectivity index (χ2v) is 8.85. The van der Waals surface area contributed by atoms with Gasteiger partial charge in [0.1, 0.15) is 5.82 Å². The molecule has 6 nitrogen and oxygen atoms in total. The zero-order chi connectivity index (χ0) is 20.7. The maximum absolute atomic E-state index is 10.7. The summed E-state index contributed by atoms with van der Waals surface area (Å²) in [6.07, 6.45) is 2.84. The van der Waals surface area contributed by atoms with Crippen LogP contribution in [0.1, 0.15) is 11.1 Å². The monoisotopic (exact) mass is 435 g/mol. The van der Waals surface area contributed by atoms with Crippen molar-refractivity contribution in [2.24, 2.45) is 0 Å². The highest BCUT2D eigenvalue weighted by Gasteiger charge is 2.17. The molecule has 0 fully saturated rings. The smallest absolute Gasteiger partial charge is 0.132 e. The molecule has 0 saturated carbocycles. The lowest BCUT2D eigenvalue weighted by molar-refractivity contribution is 0.522. The minimum absolute atomic E-state index is 0.266. The molecule has 0 saturated heterocycles. The molecule has 1 aliphatic rings. The van der Waals surface area contributed by atoms with Gasteiger partial charge in [0.15, 0.2) is 0 Å². The number of fused-ring (bicyclic) bond motifs is 2. The minimum Gasteiger partial charge on any atom is -0.760 e. The van der Waals surface area contributed by atoms with Crippen LogP contribution in [-0.2, 0) is 24.2 Å². The van der Waals surface area contributed by atoms with E-state index in [1.165, 1.54) is 11.3 Å². The van der Waals surface area contributed by atoms with E-state index in [9.17, 15) is 8.76 Å². The largest absolute Gasteiger partial charge is 0.760 e. The van der Waals surface area contributed by atoms with Gasteiger partial charge in [0, 0.05) is 57.5 Å². The van der Waals surface area contributed by atoms with E-state index in [0.29, 0.717) is 5.82 Å². The Balaban J connectivity index is 1.55. The van der Waals surface area contributed by atoms with Gasteiger partial charge < -0.3 is 15.6 Å². The average molecular weight is 436 g/mol. The van der Waals surface area contributed by atoms with Gasteiger partial charge >= 0.3 is 0 Å². The van der Waals surface area contributed by atoms with Crippen LogP contribution in [0, 0.1) is 0 Å². The molecule has 152 valence electrons. The topological polar surface area (TPSA) is 103 Å². The Morgan fingerprint density at radius 1 is 1.17 bits per heavy atom. The molecule has 4 aromatic rings. The van der Waals surface area contributed by atoms with Crippen LogP contribution in [0.2, 0.25) is 0 Å². The average Bonchev–Trinajstić information content (AvgIpc) is 3.40. The molecule has 2 aromatic heterocycles. The molecule has 0 radical (unpaired) electrons. The molecule has 1 unspecified atom stereocenters. The van der Waals surface area contributed by atoms with Gasteiger partial charge in [-0.25, -0.2) is 9.71 Å². The molecule has 8 heteroatoms. The van der Waals surface area contributed by atoms with Gasteiger partial charge in [-0.05, 0) is 46.2 Å². The molecular formula is C22H19N4O2S2-. The quantitative estimate of drug-likeness (QED) is 0.410. The molecule has 4 N–H and O–H groups in total. The first-order valence-electron chi connectivity index (χ1n) is 9.55. The third-order valence-corrected chi connectivity index (χ3v) is 6.80. The van der Waals surface area contributed by atoms with Gasteiger partial charge in [-0.3, -0.25) is 4.21 Å². The van der Waals surface area contributed by atoms with E-state index in [0.717, 1.165) is 50.9 Å². The van der Waals surface area contributed by atoms with Crippen LogP contribution >= 0.6 is 11.3 Å². The Bertz CT molecular complexity index is 1270. The van der Waals surface area contributed by atoms with E-state index < -0.39 is 11.3 Å². The summed E-state index contributed by atoms with van der Waals surface area (Å²) in [6, 6.07) is 14.3. The van der Waals surface area contributed by atoms with Gasteiger partial charge in [-0.15, -0.1) is 11.3 Å². The van der Waals surface area contributed by atoms with Crippen molar-refractivity contribution in [3.8, 4) is 22.3 Å². The number of aromatic nitrogens is 1. The number of nitrogens with one attached hydrogen (secondary N) is 2. The standard InChI is InChI=1S/C22H20N4O2S2/c23-22-20-18(15-5-6-19-16(9-15)7-8-24-19)12-29-21(20)17(11-25-22)14-3-1-13(2-4-14)10-26-30(27)28/h1-6,9,11-12,24,26H,7-8,10H2,(H2,23,25)(H,27,28)/p-1. The second kappa shape index (κ2) is 7.81. The number of hydrogen-bond acceptors (Lipinski definition) is 6. The van der Waals surface area contributed by atoms with Crippen molar-refractivity contribution in [1.82, 2.24) is 9.71 Å². The first-order chi connectivity index (χ1) is 14.6. The zero-order valence-corrected chi connectivity index (χ0v) is 17.6. The molecule has 0 amide bonds. The van der Waals surface area contributed by atoms with E-state index in [2.05, 4.69) is 38.6 Å². The number of nitrogens with zero attached hydrogens (tertiary/aromatic N) is 1. The number of thiophene rings is 1. The molecule has 2 aromatic carbocycles. The van der Waals surface area contributed by atoms with Gasteiger partial charge in [0.05, 0.1) is 0 Å². The number of hydrogen-bond donors (Lipinski definition) is 3. The fourth-order valence-corrected chi connectivity index (χ4v) is 5.31. The first-order valence-corrected chi connectivity index (χ1v) is 11.5. The summed E-state index contributed by atoms with van der Waals surface area (Å²) in [4.78, 5) is 4.47. The van der Waals surface area contributed by atoms with Crippen molar-refractivity contribution in [1.29, 1.82) is 0 Å². The van der Waals surface area contributed by atoms with E-state index >= 15 is 0 Å². The van der Waals surface area contributed by atoms with Gasteiger partial charge in [-0.1, -0.05) is 30.3 Å². The van der Waals surface area contributed by atoms with Crippen molar-refractivity contribution in [2.75, 3.05) is 17.6 Å². The van der Waals surface area contributed by atoms with Crippen LogP contribution in [0.4, 0.5) is 11.5 Å². The highest BCUT2D eigenvalue weighted by Crippen LogP contribution is 2.42.